The Bertz CT molecular complexity index is 384. The SMILES string of the molecule is CCCCCCCCOP(=O)(O)Cc1ccccc1.[LiH]. The van der Waals surface area contributed by atoms with Crippen molar-refractivity contribution >= 4 is 26.5 Å². The van der Waals surface area contributed by atoms with E-state index in [1.165, 1.54) is 25.7 Å². The van der Waals surface area contributed by atoms with E-state index < -0.39 is 7.60 Å². The Morgan fingerprint density at radius 3 is 2.30 bits per heavy atom. The van der Waals surface area contributed by atoms with E-state index >= 15 is 0 Å². The van der Waals surface area contributed by atoms with Crippen molar-refractivity contribution in [1.82, 2.24) is 0 Å². The molecule has 110 valence electrons. The molecule has 0 spiro atoms. The zero-order valence-electron chi connectivity index (χ0n) is 11.8. The molecule has 0 aliphatic heterocycles. The summed E-state index contributed by atoms with van der Waals surface area (Å²) in [5.41, 5.74) is 0.844. The predicted molar refractivity (Wildman–Crippen MR) is 86.4 cm³/mol. The van der Waals surface area contributed by atoms with Crippen LogP contribution in [-0.2, 0) is 15.3 Å². The van der Waals surface area contributed by atoms with E-state index in [1.54, 1.807) is 0 Å². The van der Waals surface area contributed by atoms with Crippen molar-refractivity contribution in [3.05, 3.63) is 35.9 Å². The molecule has 1 rings (SSSR count). The van der Waals surface area contributed by atoms with Crippen molar-refractivity contribution in [3.63, 3.8) is 0 Å². The summed E-state index contributed by atoms with van der Waals surface area (Å²) < 4.78 is 17.0. The molecule has 0 saturated carbocycles. The summed E-state index contributed by atoms with van der Waals surface area (Å²) in [7, 11) is -3.48. The van der Waals surface area contributed by atoms with Crippen molar-refractivity contribution in [2.45, 2.75) is 51.6 Å². The molecule has 1 aromatic rings. The molecular weight excluding hydrogens is 266 g/mol. The molecule has 0 aromatic heterocycles. The normalized spacial score (nSPS) is 13.5. The molecule has 0 aliphatic rings. The molecule has 0 aliphatic carbocycles. The van der Waals surface area contributed by atoms with E-state index in [9.17, 15) is 9.46 Å². The van der Waals surface area contributed by atoms with Crippen molar-refractivity contribution in [3.8, 4) is 0 Å². The molecular formula is C15H26LiO3P. The maximum absolute atomic E-state index is 11.9. The van der Waals surface area contributed by atoms with Gasteiger partial charge in [0, 0.05) is 0 Å². The van der Waals surface area contributed by atoms with Gasteiger partial charge in [0.05, 0.1) is 12.8 Å². The second-order valence-electron chi connectivity index (χ2n) is 4.88. The van der Waals surface area contributed by atoms with Crippen LogP contribution in [-0.4, -0.2) is 30.4 Å². The summed E-state index contributed by atoms with van der Waals surface area (Å²) >= 11 is 0. The number of hydrogen-bond donors (Lipinski definition) is 1. The van der Waals surface area contributed by atoms with Gasteiger partial charge in [-0.15, -0.1) is 0 Å². The maximum atomic E-state index is 11.9. The molecule has 1 unspecified atom stereocenters. The summed E-state index contributed by atoms with van der Waals surface area (Å²) in [6.07, 6.45) is 6.98. The van der Waals surface area contributed by atoms with E-state index in [-0.39, 0.29) is 25.0 Å². The molecule has 0 saturated heterocycles. The van der Waals surface area contributed by atoms with Crippen LogP contribution in [0.25, 0.3) is 0 Å². The van der Waals surface area contributed by atoms with Crippen molar-refractivity contribution in [2.24, 2.45) is 0 Å². The molecule has 0 fully saturated rings. The van der Waals surface area contributed by atoms with Crippen molar-refractivity contribution in [1.29, 1.82) is 0 Å². The van der Waals surface area contributed by atoms with Crippen LogP contribution in [0.1, 0.15) is 51.0 Å². The zero-order chi connectivity index (χ0) is 14.0. The number of rotatable bonds is 10. The molecule has 1 N–H and O–H groups in total. The molecule has 0 radical (unpaired) electrons. The molecule has 3 nitrogen and oxygen atoms in total. The molecule has 1 aromatic carbocycles. The molecule has 0 amide bonds. The molecule has 0 bridgehead atoms. The minimum atomic E-state index is -3.48. The fourth-order valence-corrected chi connectivity index (χ4v) is 3.13. The first-order valence-electron chi connectivity index (χ1n) is 7.14. The fourth-order valence-electron chi connectivity index (χ4n) is 1.95. The van der Waals surface area contributed by atoms with Gasteiger partial charge in [-0.3, -0.25) is 4.57 Å². The first kappa shape index (κ1) is 20.0. The number of benzene rings is 1. The van der Waals surface area contributed by atoms with Gasteiger partial charge < -0.3 is 9.42 Å². The van der Waals surface area contributed by atoms with Crippen LogP contribution in [0.4, 0.5) is 0 Å². The molecule has 5 heteroatoms. The van der Waals surface area contributed by atoms with Gasteiger partial charge in [0.2, 0.25) is 0 Å². The van der Waals surface area contributed by atoms with Gasteiger partial charge in [0.1, 0.15) is 0 Å². The van der Waals surface area contributed by atoms with Crippen molar-refractivity contribution in [2.75, 3.05) is 6.61 Å². The van der Waals surface area contributed by atoms with E-state index in [2.05, 4.69) is 6.92 Å². The minimum absolute atomic E-state index is 0. The monoisotopic (exact) mass is 292 g/mol. The Morgan fingerprint density at radius 2 is 1.65 bits per heavy atom. The summed E-state index contributed by atoms with van der Waals surface area (Å²) in [5.74, 6) is 0. The standard InChI is InChI=1S/C15H25O3P.Li.H/c1-2-3-4-5-6-10-13-18-19(16,17)14-15-11-8-7-9-12-15;;/h7-9,11-12H,2-6,10,13-14H2,1H3,(H,16,17);;. The molecule has 1 atom stereocenters. The first-order chi connectivity index (χ1) is 9.14. The van der Waals surface area contributed by atoms with Gasteiger partial charge >= 0.3 is 26.5 Å². The zero-order valence-corrected chi connectivity index (χ0v) is 12.6. The number of hydrogen-bond acceptors (Lipinski definition) is 2. The van der Waals surface area contributed by atoms with Crippen LogP contribution < -0.4 is 0 Å². The average Bonchev–Trinajstić information content (AvgIpc) is 2.38. The Hall–Kier alpha value is -0.0326. The summed E-state index contributed by atoms with van der Waals surface area (Å²) in [6, 6.07) is 9.31. The van der Waals surface area contributed by atoms with Gasteiger partial charge in [-0.05, 0) is 12.0 Å². The second kappa shape index (κ2) is 11.6. The van der Waals surface area contributed by atoms with Gasteiger partial charge in [-0.1, -0.05) is 69.4 Å². The van der Waals surface area contributed by atoms with E-state index in [4.69, 9.17) is 4.52 Å². The van der Waals surface area contributed by atoms with Crippen LogP contribution in [0.3, 0.4) is 0 Å². The Kier molecular flexibility index (Phi) is 11.6. The third-order valence-electron chi connectivity index (χ3n) is 3.02. The Balaban J connectivity index is 0.00000361. The topological polar surface area (TPSA) is 46.5 Å². The van der Waals surface area contributed by atoms with E-state index in [0.29, 0.717) is 6.61 Å². The van der Waals surface area contributed by atoms with Crippen LogP contribution in [0.5, 0.6) is 0 Å². The predicted octanol–water partition coefficient (Wildman–Crippen LogP) is 4.10. The van der Waals surface area contributed by atoms with Crippen LogP contribution in [0.15, 0.2) is 30.3 Å². The molecule has 0 heterocycles. The molecule has 20 heavy (non-hydrogen) atoms. The first-order valence-corrected chi connectivity index (χ1v) is 8.90. The average molecular weight is 292 g/mol. The fraction of sp³-hybridized carbons (Fsp3) is 0.600. The summed E-state index contributed by atoms with van der Waals surface area (Å²) in [5, 5.41) is 0. The number of unbranched alkanes of at least 4 members (excludes halogenated alkanes) is 5. The second-order valence-corrected chi connectivity index (χ2v) is 6.73. The summed E-state index contributed by atoms with van der Waals surface area (Å²) in [4.78, 5) is 9.74. The third kappa shape index (κ3) is 9.81. The third-order valence-corrected chi connectivity index (χ3v) is 4.37. The Morgan fingerprint density at radius 1 is 1.05 bits per heavy atom. The van der Waals surface area contributed by atoms with E-state index in [1.807, 2.05) is 30.3 Å². The van der Waals surface area contributed by atoms with Gasteiger partial charge in [-0.25, -0.2) is 0 Å². The van der Waals surface area contributed by atoms with Crippen molar-refractivity contribution < 1.29 is 14.0 Å². The van der Waals surface area contributed by atoms with Gasteiger partial charge in [0.15, 0.2) is 0 Å². The van der Waals surface area contributed by atoms with Crippen LogP contribution in [0, 0.1) is 0 Å². The van der Waals surface area contributed by atoms with Gasteiger partial charge in [-0.2, -0.15) is 0 Å². The van der Waals surface area contributed by atoms with Crippen LogP contribution >= 0.6 is 7.60 Å². The summed E-state index contributed by atoms with van der Waals surface area (Å²) in [6.45, 7) is 2.57. The quantitative estimate of drug-likeness (QED) is 0.401. The Labute approximate surface area is 134 Å². The van der Waals surface area contributed by atoms with Gasteiger partial charge in [0.25, 0.3) is 0 Å². The van der Waals surface area contributed by atoms with E-state index in [0.717, 1.165) is 18.4 Å². The van der Waals surface area contributed by atoms with Crippen LogP contribution in [0.2, 0.25) is 0 Å².